The highest BCUT2D eigenvalue weighted by Gasteiger charge is 2.18. The number of rotatable bonds is 4. The number of methoxy groups -OCH3 is 1. The summed E-state index contributed by atoms with van der Waals surface area (Å²) in [7, 11) is 1.30. The number of aryl methyl sites for hydroxylation is 3. The van der Waals surface area contributed by atoms with Crippen molar-refractivity contribution in [2.45, 2.75) is 27.4 Å². The highest BCUT2D eigenvalue weighted by Crippen LogP contribution is 2.22. The molecule has 1 aromatic carbocycles. The first-order valence-electron chi connectivity index (χ1n) is 8.12. The van der Waals surface area contributed by atoms with Crippen LogP contribution in [0.2, 0.25) is 0 Å². The summed E-state index contributed by atoms with van der Waals surface area (Å²) in [5, 5.41) is 0.742. The van der Waals surface area contributed by atoms with Gasteiger partial charge in [0.15, 0.2) is 0 Å². The van der Waals surface area contributed by atoms with Crippen molar-refractivity contribution in [2.75, 3.05) is 7.11 Å². The molecule has 26 heavy (non-hydrogen) atoms. The van der Waals surface area contributed by atoms with Crippen LogP contribution >= 0.6 is 0 Å². The van der Waals surface area contributed by atoms with Crippen LogP contribution in [0, 0.1) is 20.8 Å². The Morgan fingerprint density at radius 1 is 1.04 bits per heavy atom. The van der Waals surface area contributed by atoms with Gasteiger partial charge in [0.1, 0.15) is 23.7 Å². The molecule has 3 aromatic rings. The van der Waals surface area contributed by atoms with Crippen LogP contribution in [0.1, 0.15) is 43.5 Å². The number of hydrogen-bond acceptors (Lipinski definition) is 6. The van der Waals surface area contributed by atoms with E-state index >= 15 is 0 Å². The van der Waals surface area contributed by atoms with Gasteiger partial charge in [0.25, 0.3) is 0 Å². The third-order valence-electron chi connectivity index (χ3n) is 4.03. The summed E-state index contributed by atoms with van der Waals surface area (Å²) in [5.41, 5.74) is 3.27. The molecule has 0 N–H and O–H groups in total. The van der Waals surface area contributed by atoms with Crippen molar-refractivity contribution in [3.63, 3.8) is 0 Å². The van der Waals surface area contributed by atoms with E-state index in [1.807, 2.05) is 32.0 Å². The molecule has 0 unspecified atom stereocenters. The minimum absolute atomic E-state index is 0.0780. The lowest BCUT2D eigenvalue weighted by Gasteiger charge is -2.08. The van der Waals surface area contributed by atoms with Gasteiger partial charge < -0.3 is 13.9 Å². The maximum absolute atomic E-state index is 12.6. The maximum atomic E-state index is 12.6. The van der Waals surface area contributed by atoms with Crippen LogP contribution in [-0.4, -0.2) is 24.0 Å². The monoisotopic (exact) mass is 353 g/mol. The van der Waals surface area contributed by atoms with Gasteiger partial charge in [-0.3, -0.25) is 4.98 Å². The molecule has 0 aliphatic carbocycles. The van der Waals surface area contributed by atoms with Crippen molar-refractivity contribution in [3.05, 3.63) is 64.2 Å². The van der Waals surface area contributed by atoms with Crippen LogP contribution in [0.15, 0.2) is 34.7 Å². The Bertz CT molecular complexity index is 1000. The van der Waals surface area contributed by atoms with Crippen molar-refractivity contribution in [2.24, 2.45) is 0 Å². The van der Waals surface area contributed by atoms with Crippen molar-refractivity contribution < 1.29 is 23.5 Å². The largest absolute Gasteiger partial charge is 0.465 e. The fourth-order valence-electron chi connectivity index (χ4n) is 2.78. The Morgan fingerprint density at radius 3 is 2.54 bits per heavy atom. The van der Waals surface area contributed by atoms with E-state index in [-0.39, 0.29) is 6.61 Å². The first-order chi connectivity index (χ1) is 12.4. The van der Waals surface area contributed by atoms with Crippen LogP contribution in [0.5, 0.6) is 0 Å². The average Bonchev–Trinajstić information content (AvgIpc) is 2.99. The standard InChI is InChI=1S/C20H19NO5/c1-11-5-6-18-16(7-11)17(8-12(2)21-18)20(23)25-10-14-9-15(13(3)26-14)19(22)24-4/h5-9H,10H2,1-4H3. The lowest BCUT2D eigenvalue weighted by molar-refractivity contribution is 0.0446. The minimum Gasteiger partial charge on any atom is -0.465 e. The molecule has 0 amide bonds. The van der Waals surface area contributed by atoms with Crippen LogP contribution in [0.4, 0.5) is 0 Å². The van der Waals surface area contributed by atoms with Crippen LogP contribution < -0.4 is 0 Å². The van der Waals surface area contributed by atoms with E-state index in [0.717, 1.165) is 22.2 Å². The third-order valence-corrected chi connectivity index (χ3v) is 4.03. The van der Waals surface area contributed by atoms with Gasteiger partial charge >= 0.3 is 11.9 Å². The normalized spacial score (nSPS) is 10.8. The summed E-state index contributed by atoms with van der Waals surface area (Å²) < 4.78 is 15.5. The summed E-state index contributed by atoms with van der Waals surface area (Å²) in [6.07, 6.45) is 0. The lowest BCUT2D eigenvalue weighted by Crippen LogP contribution is -2.07. The van der Waals surface area contributed by atoms with Crippen LogP contribution in [0.3, 0.4) is 0 Å². The van der Waals surface area contributed by atoms with E-state index in [2.05, 4.69) is 9.72 Å². The minimum atomic E-state index is -0.491. The number of aromatic nitrogens is 1. The first kappa shape index (κ1) is 17.7. The highest BCUT2D eigenvalue weighted by molar-refractivity contribution is 6.03. The van der Waals surface area contributed by atoms with Gasteiger partial charge in [-0.25, -0.2) is 9.59 Å². The molecule has 6 nitrogen and oxygen atoms in total. The van der Waals surface area contributed by atoms with Gasteiger partial charge in [0.2, 0.25) is 0 Å². The highest BCUT2D eigenvalue weighted by atomic mass is 16.5. The molecule has 0 bridgehead atoms. The number of carbonyl (C=O) groups is 2. The lowest BCUT2D eigenvalue weighted by atomic mass is 10.1. The zero-order valence-corrected chi connectivity index (χ0v) is 15.1. The second-order valence-electron chi connectivity index (χ2n) is 6.08. The van der Waals surface area contributed by atoms with E-state index < -0.39 is 11.9 Å². The van der Waals surface area contributed by atoms with Gasteiger partial charge in [0, 0.05) is 11.1 Å². The maximum Gasteiger partial charge on any atom is 0.341 e. The van der Waals surface area contributed by atoms with Crippen molar-refractivity contribution in [3.8, 4) is 0 Å². The second kappa shape index (κ2) is 7.00. The summed E-state index contributed by atoms with van der Waals surface area (Å²) in [6.45, 7) is 5.36. The Hall–Kier alpha value is -3.15. The fourth-order valence-corrected chi connectivity index (χ4v) is 2.78. The molecule has 0 fully saturated rings. The number of pyridine rings is 1. The van der Waals surface area contributed by atoms with E-state index in [9.17, 15) is 9.59 Å². The Balaban J connectivity index is 1.84. The fraction of sp³-hybridized carbons (Fsp3) is 0.250. The zero-order chi connectivity index (χ0) is 18.8. The summed E-state index contributed by atoms with van der Waals surface area (Å²) in [4.78, 5) is 28.7. The van der Waals surface area contributed by atoms with E-state index in [1.165, 1.54) is 13.2 Å². The Kier molecular flexibility index (Phi) is 4.75. The first-order valence-corrected chi connectivity index (χ1v) is 8.12. The number of esters is 2. The molecule has 0 aliphatic heterocycles. The number of nitrogens with zero attached hydrogens (tertiary/aromatic N) is 1. The number of hydrogen-bond donors (Lipinski definition) is 0. The molecular formula is C20H19NO5. The zero-order valence-electron chi connectivity index (χ0n) is 15.1. The molecule has 2 heterocycles. The van der Waals surface area contributed by atoms with Gasteiger partial charge in [0.05, 0.1) is 18.2 Å². The molecule has 0 atom stereocenters. The average molecular weight is 353 g/mol. The third kappa shape index (κ3) is 3.44. The number of ether oxygens (including phenoxy) is 2. The Morgan fingerprint density at radius 2 is 1.81 bits per heavy atom. The SMILES string of the molecule is COC(=O)c1cc(COC(=O)c2cc(C)nc3ccc(C)cc23)oc1C. The van der Waals surface area contributed by atoms with Crippen molar-refractivity contribution >= 4 is 22.8 Å². The second-order valence-corrected chi connectivity index (χ2v) is 6.08. The molecule has 134 valence electrons. The predicted octanol–water partition coefficient (Wildman–Crippen LogP) is 3.90. The van der Waals surface area contributed by atoms with E-state index in [0.29, 0.717) is 22.6 Å². The van der Waals surface area contributed by atoms with Gasteiger partial charge in [-0.1, -0.05) is 11.6 Å². The molecule has 0 saturated carbocycles. The molecule has 2 aromatic heterocycles. The molecule has 0 saturated heterocycles. The summed E-state index contributed by atoms with van der Waals surface area (Å²) in [6, 6.07) is 8.97. The van der Waals surface area contributed by atoms with Gasteiger partial charge in [-0.15, -0.1) is 0 Å². The van der Waals surface area contributed by atoms with Gasteiger partial charge in [-0.2, -0.15) is 0 Å². The van der Waals surface area contributed by atoms with Crippen molar-refractivity contribution in [1.29, 1.82) is 0 Å². The summed E-state index contributed by atoms with van der Waals surface area (Å²) >= 11 is 0. The van der Waals surface area contributed by atoms with Crippen LogP contribution in [-0.2, 0) is 16.1 Å². The number of benzene rings is 1. The molecule has 3 rings (SSSR count). The van der Waals surface area contributed by atoms with Gasteiger partial charge in [-0.05, 0) is 45.0 Å². The smallest absolute Gasteiger partial charge is 0.341 e. The molecule has 0 spiro atoms. The predicted molar refractivity (Wildman–Crippen MR) is 95.1 cm³/mol. The summed E-state index contributed by atoms with van der Waals surface area (Å²) in [5.74, 6) is -0.166. The number of carbonyl (C=O) groups excluding carboxylic acids is 2. The van der Waals surface area contributed by atoms with E-state index in [1.54, 1.807) is 13.0 Å². The van der Waals surface area contributed by atoms with Crippen LogP contribution in [0.25, 0.3) is 10.9 Å². The number of fused-ring (bicyclic) bond motifs is 1. The number of furan rings is 1. The molecule has 6 heteroatoms. The van der Waals surface area contributed by atoms with E-state index in [4.69, 9.17) is 9.15 Å². The topological polar surface area (TPSA) is 78.6 Å². The molecular weight excluding hydrogens is 334 g/mol. The molecule has 0 aliphatic rings. The molecule has 0 radical (unpaired) electrons. The quantitative estimate of drug-likeness (QED) is 0.662. The van der Waals surface area contributed by atoms with Crippen molar-refractivity contribution in [1.82, 2.24) is 4.98 Å². The Labute approximate surface area is 150 Å².